The van der Waals surface area contributed by atoms with Gasteiger partial charge in [0.15, 0.2) is 0 Å². The summed E-state index contributed by atoms with van der Waals surface area (Å²) in [5.41, 5.74) is 9.12. The van der Waals surface area contributed by atoms with Crippen molar-refractivity contribution in [3.63, 3.8) is 0 Å². The largest absolute Gasteiger partial charge is 0.394 e. The van der Waals surface area contributed by atoms with E-state index in [1.54, 1.807) is 6.07 Å². The predicted molar refractivity (Wildman–Crippen MR) is 54.6 cm³/mol. The van der Waals surface area contributed by atoms with Gasteiger partial charge in [-0.1, -0.05) is 6.07 Å². The smallest absolute Gasteiger partial charge is 0.0994 e. The lowest BCUT2D eigenvalue weighted by molar-refractivity contribution is 0.268. The van der Waals surface area contributed by atoms with Crippen LogP contribution in [0, 0.1) is 25.2 Å². The lowest BCUT2D eigenvalue weighted by atomic mass is 9.97. The van der Waals surface area contributed by atoms with E-state index in [0.717, 1.165) is 16.7 Å². The summed E-state index contributed by atoms with van der Waals surface area (Å²) in [6.07, 6.45) is 0. The second-order valence-electron chi connectivity index (χ2n) is 3.41. The van der Waals surface area contributed by atoms with Crippen LogP contribution in [0.25, 0.3) is 0 Å². The van der Waals surface area contributed by atoms with Crippen LogP contribution in [0.2, 0.25) is 0 Å². The number of aryl methyl sites for hydroxylation is 1. The van der Waals surface area contributed by atoms with Crippen molar-refractivity contribution in [2.75, 3.05) is 6.61 Å². The molecule has 3 N–H and O–H groups in total. The molecule has 0 heterocycles. The van der Waals surface area contributed by atoms with Gasteiger partial charge in [-0.25, -0.2) is 0 Å². The maximum Gasteiger partial charge on any atom is 0.0994 e. The van der Waals surface area contributed by atoms with Gasteiger partial charge in [-0.2, -0.15) is 5.26 Å². The van der Waals surface area contributed by atoms with Gasteiger partial charge in [0.1, 0.15) is 0 Å². The Bertz CT molecular complexity index is 380. The summed E-state index contributed by atoms with van der Waals surface area (Å²) < 4.78 is 0. The Balaban J connectivity index is 3.24. The third-order valence-electron chi connectivity index (χ3n) is 2.43. The summed E-state index contributed by atoms with van der Waals surface area (Å²) in [7, 11) is 0. The molecular weight excluding hydrogens is 176 g/mol. The molecule has 0 aliphatic heterocycles. The van der Waals surface area contributed by atoms with Crippen LogP contribution in [0.4, 0.5) is 0 Å². The van der Waals surface area contributed by atoms with Crippen molar-refractivity contribution >= 4 is 0 Å². The zero-order valence-corrected chi connectivity index (χ0v) is 8.41. The van der Waals surface area contributed by atoms with E-state index in [4.69, 9.17) is 16.1 Å². The summed E-state index contributed by atoms with van der Waals surface area (Å²) in [5, 5.41) is 17.8. The van der Waals surface area contributed by atoms with E-state index in [9.17, 15) is 0 Å². The number of nitrogens with two attached hydrogens (primary N) is 1. The van der Waals surface area contributed by atoms with Gasteiger partial charge >= 0.3 is 0 Å². The highest BCUT2D eigenvalue weighted by molar-refractivity contribution is 5.45. The Morgan fingerprint density at radius 1 is 1.50 bits per heavy atom. The maximum atomic E-state index is 8.90. The fourth-order valence-corrected chi connectivity index (χ4v) is 1.32. The third kappa shape index (κ3) is 1.92. The molecule has 0 aromatic heterocycles. The number of hydrogen-bond donors (Lipinski definition) is 2. The lowest BCUT2D eigenvalue weighted by Gasteiger charge is -2.12. The molecule has 0 saturated heterocycles. The molecule has 3 nitrogen and oxygen atoms in total. The summed E-state index contributed by atoms with van der Waals surface area (Å²) in [6, 6.07) is 5.37. The first-order chi connectivity index (χ1) is 6.60. The molecule has 3 heteroatoms. The van der Waals surface area contributed by atoms with Crippen LogP contribution in [0.1, 0.15) is 28.3 Å². The number of rotatable bonds is 2. The molecule has 0 radical (unpaired) electrons. The normalized spacial score (nSPS) is 12.2. The first-order valence-electron chi connectivity index (χ1n) is 4.47. The van der Waals surface area contributed by atoms with E-state index in [0.29, 0.717) is 5.56 Å². The molecule has 0 aliphatic rings. The molecule has 1 aromatic rings. The quantitative estimate of drug-likeness (QED) is 0.735. The molecule has 1 atom stereocenters. The van der Waals surface area contributed by atoms with Crippen LogP contribution < -0.4 is 5.73 Å². The van der Waals surface area contributed by atoms with Crippen LogP contribution in [0.5, 0.6) is 0 Å². The molecule has 1 aromatic carbocycles. The summed E-state index contributed by atoms with van der Waals surface area (Å²) in [6.45, 7) is 3.74. The number of hydrogen-bond acceptors (Lipinski definition) is 3. The van der Waals surface area contributed by atoms with Gasteiger partial charge in [-0.15, -0.1) is 0 Å². The number of nitriles is 1. The molecule has 0 amide bonds. The average Bonchev–Trinajstić information content (AvgIpc) is 2.20. The van der Waals surface area contributed by atoms with Gasteiger partial charge < -0.3 is 10.8 Å². The van der Waals surface area contributed by atoms with Gasteiger partial charge in [-0.3, -0.25) is 0 Å². The predicted octanol–water partition coefficient (Wildman–Crippen LogP) is 1.17. The third-order valence-corrected chi connectivity index (χ3v) is 2.43. The number of benzene rings is 1. The highest BCUT2D eigenvalue weighted by Crippen LogP contribution is 2.19. The molecule has 1 unspecified atom stereocenters. The van der Waals surface area contributed by atoms with Crippen molar-refractivity contribution in [2.24, 2.45) is 5.73 Å². The van der Waals surface area contributed by atoms with E-state index in [-0.39, 0.29) is 6.61 Å². The zero-order chi connectivity index (χ0) is 10.7. The van der Waals surface area contributed by atoms with Crippen LogP contribution in [-0.2, 0) is 0 Å². The minimum Gasteiger partial charge on any atom is -0.394 e. The van der Waals surface area contributed by atoms with Gasteiger partial charge in [-0.05, 0) is 36.6 Å². The topological polar surface area (TPSA) is 70.0 Å². The van der Waals surface area contributed by atoms with E-state index < -0.39 is 6.04 Å². The second kappa shape index (κ2) is 4.23. The van der Waals surface area contributed by atoms with Crippen LogP contribution >= 0.6 is 0 Å². The average molecular weight is 190 g/mol. The van der Waals surface area contributed by atoms with E-state index in [1.165, 1.54) is 0 Å². The molecule has 0 bridgehead atoms. The number of aliphatic hydroxyl groups is 1. The Morgan fingerprint density at radius 2 is 2.14 bits per heavy atom. The fraction of sp³-hybridized carbons (Fsp3) is 0.364. The fourth-order valence-electron chi connectivity index (χ4n) is 1.32. The first-order valence-corrected chi connectivity index (χ1v) is 4.47. The lowest BCUT2D eigenvalue weighted by Crippen LogP contribution is -2.15. The van der Waals surface area contributed by atoms with E-state index >= 15 is 0 Å². The standard InChI is InChI=1S/C11H14N2O/c1-7-3-9(11(13)6-14)4-10(5-12)8(7)2/h3-4,11,14H,6,13H2,1-2H3. The molecule has 0 spiro atoms. The van der Waals surface area contributed by atoms with Crippen LogP contribution in [-0.4, -0.2) is 11.7 Å². The SMILES string of the molecule is Cc1cc(C(N)CO)cc(C#N)c1C. The van der Waals surface area contributed by atoms with Crippen molar-refractivity contribution < 1.29 is 5.11 Å². The van der Waals surface area contributed by atoms with E-state index in [1.807, 2.05) is 19.9 Å². The minimum atomic E-state index is -0.401. The van der Waals surface area contributed by atoms with E-state index in [2.05, 4.69) is 6.07 Å². The van der Waals surface area contributed by atoms with Gasteiger partial charge in [0, 0.05) is 0 Å². The Morgan fingerprint density at radius 3 is 2.64 bits per heavy atom. The highest BCUT2D eigenvalue weighted by atomic mass is 16.3. The first kappa shape index (κ1) is 10.7. The van der Waals surface area contributed by atoms with Crippen molar-refractivity contribution in [3.05, 3.63) is 34.4 Å². The summed E-state index contributed by atoms with van der Waals surface area (Å²) in [5.74, 6) is 0. The molecular formula is C11H14N2O. The molecule has 1 rings (SSSR count). The van der Waals surface area contributed by atoms with Gasteiger partial charge in [0.05, 0.1) is 24.3 Å². The zero-order valence-electron chi connectivity index (χ0n) is 8.41. The summed E-state index contributed by atoms with van der Waals surface area (Å²) in [4.78, 5) is 0. The Hall–Kier alpha value is -1.37. The van der Waals surface area contributed by atoms with Crippen LogP contribution in [0.15, 0.2) is 12.1 Å². The molecule has 0 fully saturated rings. The molecule has 14 heavy (non-hydrogen) atoms. The Kier molecular flexibility index (Phi) is 3.23. The molecule has 0 aliphatic carbocycles. The monoisotopic (exact) mass is 190 g/mol. The molecule has 0 saturated carbocycles. The summed E-state index contributed by atoms with van der Waals surface area (Å²) >= 11 is 0. The minimum absolute atomic E-state index is 0.104. The van der Waals surface area contributed by atoms with Crippen molar-refractivity contribution in [1.82, 2.24) is 0 Å². The van der Waals surface area contributed by atoms with Gasteiger partial charge in [0.2, 0.25) is 0 Å². The van der Waals surface area contributed by atoms with Gasteiger partial charge in [0.25, 0.3) is 0 Å². The Labute approximate surface area is 83.8 Å². The van der Waals surface area contributed by atoms with Crippen molar-refractivity contribution in [3.8, 4) is 6.07 Å². The highest BCUT2D eigenvalue weighted by Gasteiger charge is 2.09. The number of nitrogens with zero attached hydrogens (tertiary/aromatic N) is 1. The maximum absolute atomic E-state index is 8.90. The number of aliphatic hydroxyl groups excluding tert-OH is 1. The second-order valence-corrected chi connectivity index (χ2v) is 3.41. The molecule has 74 valence electrons. The van der Waals surface area contributed by atoms with Crippen molar-refractivity contribution in [1.29, 1.82) is 5.26 Å². The van der Waals surface area contributed by atoms with Crippen LogP contribution in [0.3, 0.4) is 0 Å². The van der Waals surface area contributed by atoms with Crippen molar-refractivity contribution in [2.45, 2.75) is 19.9 Å².